The van der Waals surface area contributed by atoms with Gasteiger partial charge in [0.1, 0.15) is 11.9 Å². The van der Waals surface area contributed by atoms with Gasteiger partial charge >= 0.3 is 0 Å². The minimum absolute atomic E-state index is 0.0326. The van der Waals surface area contributed by atoms with Crippen LogP contribution in [0.2, 0.25) is 0 Å². The maximum atomic E-state index is 13.6. The molecule has 0 aliphatic carbocycles. The molecule has 7 heteroatoms. The van der Waals surface area contributed by atoms with Gasteiger partial charge in [0.25, 0.3) is 5.91 Å². The van der Waals surface area contributed by atoms with E-state index in [2.05, 4.69) is 4.98 Å². The molecule has 0 spiro atoms. The number of hydrogen-bond acceptors (Lipinski definition) is 4. The zero-order valence-corrected chi connectivity index (χ0v) is 15.5. The summed E-state index contributed by atoms with van der Waals surface area (Å²) in [6, 6.07) is 5.27. The Bertz CT molecular complexity index is 902. The van der Waals surface area contributed by atoms with Crippen molar-refractivity contribution in [2.24, 2.45) is 0 Å². The molecular formula is C20H24N4O3. The van der Waals surface area contributed by atoms with Crippen molar-refractivity contribution in [3.63, 3.8) is 0 Å². The first kappa shape index (κ1) is 16.7. The summed E-state index contributed by atoms with van der Waals surface area (Å²) >= 11 is 0. The second kappa shape index (κ2) is 6.34. The summed E-state index contributed by atoms with van der Waals surface area (Å²) in [5.41, 5.74) is 1.22. The first-order chi connectivity index (χ1) is 13.1. The van der Waals surface area contributed by atoms with Crippen molar-refractivity contribution in [3.05, 3.63) is 35.9 Å². The minimum Gasteiger partial charge on any atom is -0.376 e. The van der Waals surface area contributed by atoms with E-state index >= 15 is 0 Å². The van der Waals surface area contributed by atoms with Crippen LogP contribution < -0.4 is 0 Å². The fraction of sp³-hybridized carbons (Fsp3) is 0.550. The van der Waals surface area contributed by atoms with Crippen molar-refractivity contribution < 1.29 is 14.3 Å². The lowest BCUT2D eigenvalue weighted by atomic mass is 10.1. The smallest absolute Gasteiger partial charge is 0.275 e. The zero-order valence-electron chi connectivity index (χ0n) is 15.5. The van der Waals surface area contributed by atoms with Gasteiger partial charge in [0, 0.05) is 32.3 Å². The fourth-order valence-electron chi connectivity index (χ4n) is 4.88. The minimum atomic E-state index is -0.438. The molecule has 27 heavy (non-hydrogen) atoms. The Labute approximate surface area is 157 Å². The van der Waals surface area contributed by atoms with Crippen LogP contribution in [0.5, 0.6) is 0 Å². The van der Waals surface area contributed by atoms with Gasteiger partial charge in [-0.3, -0.25) is 9.59 Å². The average Bonchev–Trinajstić information content (AvgIpc) is 3.44. The predicted octanol–water partition coefficient (Wildman–Crippen LogP) is 1.64. The number of hydrogen-bond donors (Lipinski definition) is 0. The van der Waals surface area contributed by atoms with Crippen LogP contribution in [0.25, 0.3) is 5.52 Å². The summed E-state index contributed by atoms with van der Waals surface area (Å²) in [6.07, 6.45) is 5.33. The van der Waals surface area contributed by atoms with E-state index in [1.54, 1.807) is 4.90 Å². The number of likely N-dealkylation sites (tertiary alicyclic amines) is 2. The van der Waals surface area contributed by atoms with Gasteiger partial charge in [-0.1, -0.05) is 6.07 Å². The topological polar surface area (TPSA) is 67.2 Å². The standard InChI is InChI=1S/C20H24N4O3/c1-13-21-18(15-6-2-3-10-23(13)15)20(26)24-14-7-11-27-17(14)12-16(24)19(25)22-8-4-5-9-22/h2-3,6,10,14,16-17H,4-5,7-9,11-12H2,1H3/t14-,16-,17-/m0/s1. The van der Waals surface area contributed by atoms with E-state index in [4.69, 9.17) is 4.74 Å². The third kappa shape index (κ3) is 2.56. The Morgan fingerprint density at radius 1 is 1.22 bits per heavy atom. The van der Waals surface area contributed by atoms with Crippen molar-refractivity contribution in [1.82, 2.24) is 19.2 Å². The number of rotatable bonds is 2. The number of amides is 2. The number of aryl methyl sites for hydroxylation is 1. The van der Waals surface area contributed by atoms with Gasteiger partial charge in [-0.25, -0.2) is 4.98 Å². The summed E-state index contributed by atoms with van der Waals surface area (Å²) in [5.74, 6) is 0.691. The third-order valence-corrected chi connectivity index (χ3v) is 6.19. The number of carbonyl (C=O) groups excluding carboxylic acids is 2. The molecule has 3 saturated heterocycles. The molecule has 3 aliphatic rings. The Morgan fingerprint density at radius 3 is 2.85 bits per heavy atom. The van der Waals surface area contributed by atoms with E-state index in [0.29, 0.717) is 18.7 Å². The molecule has 0 aromatic carbocycles. The summed E-state index contributed by atoms with van der Waals surface area (Å²) in [4.78, 5) is 35.0. The quantitative estimate of drug-likeness (QED) is 0.808. The molecule has 5 heterocycles. The van der Waals surface area contributed by atoms with Crippen molar-refractivity contribution in [2.45, 2.75) is 50.8 Å². The molecule has 2 aromatic heterocycles. The van der Waals surface area contributed by atoms with Crippen LogP contribution in [-0.2, 0) is 9.53 Å². The lowest BCUT2D eigenvalue weighted by Gasteiger charge is -2.30. The molecule has 2 aromatic rings. The molecule has 7 nitrogen and oxygen atoms in total. The maximum Gasteiger partial charge on any atom is 0.275 e. The van der Waals surface area contributed by atoms with E-state index in [-0.39, 0.29) is 24.0 Å². The normalized spacial score (nSPS) is 27.5. The largest absolute Gasteiger partial charge is 0.376 e. The molecule has 142 valence electrons. The molecule has 2 amide bonds. The number of ether oxygens (including phenoxy) is 1. The van der Waals surface area contributed by atoms with Crippen molar-refractivity contribution >= 4 is 17.3 Å². The number of aromatic nitrogens is 2. The van der Waals surface area contributed by atoms with Crippen LogP contribution >= 0.6 is 0 Å². The number of nitrogens with zero attached hydrogens (tertiary/aromatic N) is 4. The summed E-state index contributed by atoms with van der Waals surface area (Å²) in [5, 5.41) is 0. The van der Waals surface area contributed by atoms with Crippen LogP contribution in [-0.4, -0.2) is 68.9 Å². The van der Waals surface area contributed by atoms with Gasteiger partial charge in [-0.2, -0.15) is 0 Å². The van der Waals surface area contributed by atoms with E-state index < -0.39 is 6.04 Å². The molecular weight excluding hydrogens is 344 g/mol. The van der Waals surface area contributed by atoms with Crippen LogP contribution in [0.4, 0.5) is 0 Å². The zero-order chi connectivity index (χ0) is 18.5. The van der Waals surface area contributed by atoms with Crippen LogP contribution in [0.3, 0.4) is 0 Å². The Hall–Kier alpha value is -2.41. The van der Waals surface area contributed by atoms with Crippen LogP contribution in [0.1, 0.15) is 42.0 Å². The maximum absolute atomic E-state index is 13.6. The first-order valence-corrected chi connectivity index (χ1v) is 9.82. The molecule has 3 fully saturated rings. The van der Waals surface area contributed by atoms with Gasteiger partial charge in [0.15, 0.2) is 5.69 Å². The van der Waals surface area contributed by atoms with E-state index in [1.807, 2.05) is 40.6 Å². The highest BCUT2D eigenvalue weighted by atomic mass is 16.5. The second-order valence-electron chi connectivity index (χ2n) is 7.73. The van der Waals surface area contributed by atoms with E-state index in [1.165, 1.54) is 0 Å². The summed E-state index contributed by atoms with van der Waals surface area (Å²) in [6.45, 7) is 4.12. The molecule has 3 aliphatic heterocycles. The Balaban J connectivity index is 1.53. The van der Waals surface area contributed by atoms with Crippen molar-refractivity contribution in [2.75, 3.05) is 19.7 Å². The van der Waals surface area contributed by atoms with E-state index in [0.717, 1.165) is 43.7 Å². The monoisotopic (exact) mass is 368 g/mol. The molecule has 0 unspecified atom stereocenters. The number of imidazole rings is 1. The van der Waals surface area contributed by atoms with Crippen molar-refractivity contribution in [3.8, 4) is 0 Å². The van der Waals surface area contributed by atoms with Crippen molar-refractivity contribution in [1.29, 1.82) is 0 Å². The molecule has 0 N–H and O–H groups in total. The fourth-order valence-corrected chi connectivity index (χ4v) is 4.88. The van der Waals surface area contributed by atoms with Gasteiger partial charge in [0.05, 0.1) is 17.7 Å². The Morgan fingerprint density at radius 2 is 2.04 bits per heavy atom. The third-order valence-electron chi connectivity index (χ3n) is 6.19. The lowest BCUT2D eigenvalue weighted by Crippen LogP contribution is -2.50. The highest BCUT2D eigenvalue weighted by Crippen LogP contribution is 2.36. The molecule has 3 atom stereocenters. The molecule has 0 radical (unpaired) electrons. The molecule has 0 saturated carbocycles. The number of pyridine rings is 1. The Kier molecular flexibility index (Phi) is 3.93. The van der Waals surface area contributed by atoms with Crippen LogP contribution in [0.15, 0.2) is 24.4 Å². The van der Waals surface area contributed by atoms with Gasteiger partial charge in [-0.05, 0) is 38.3 Å². The summed E-state index contributed by atoms with van der Waals surface area (Å²) < 4.78 is 7.76. The second-order valence-corrected chi connectivity index (χ2v) is 7.73. The van der Waals surface area contributed by atoms with Crippen LogP contribution in [0, 0.1) is 6.92 Å². The highest BCUT2D eigenvalue weighted by molar-refractivity contribution is 6.02. The average molecular weight is 368 g/mol. The van der Waals surface area contributed by atoms with Gasteiger partial charge in [0.2, 0.25) is 5.91 Å². The van der Waals surface area contributed by atoms with Gasteiger partial charge < -0.3 is 18.9 Å². The first-order valence-electron chi connectivity index (χ1n) is 9.82. The van der Waals surface area contributed by atoms with E-state index in [9.17, 15) is 9.59 Å². The number of carbonyl (C=O) groups is 2. The SMILES string of the molecule is Cc1nc(C(=O)N2[C@H](C(=O)N3CCCC3)C[C@@H]3OCC[C@@H]32)c2ccccn12. The lowest BCUT2D eigenvalue weighted by molar-refractivity contribution is -0.134. The summed E-state index contributed by atoms with van der Waals surface area (Å²) in [7, 11) is 0. The predicted molar refractivity (Wildman–Crippen MR) is 98.5 cm³/mol. The number of fused-ring (bicyclic) bond motifs is 2. The van der Waals surface area contributed by atoms with Gasteiger partial charge in [-0.15, -0.1) is 0 Å². The molecule has 0 bridgehead atoms. The highest BCUT2D eigenvalue weighted by Gasteiger charge is 2.51. The molecule has 5 rings (SSSR count).